The summed E-state index contributed by atoms with van der Waals surface area (Å²) < 4.78 is 0. The Hall–Kier alpha value is -4.48. The number of nitrogens with one attached hydrogen (secondary N) is 5. The van der Waals surface area contributed by atoms with Crippen LogP contribution < -0.4 is 21.4 Å². The minimum Gasteiger partial charge on any atom is -0.338 e. The third kappa shape index (κ3) is 7.26. The first-order chi connectivity index (χ1) is 17.4. The van der Waals surface area contributed by atoms with Crippen molar-refractivity contribution in [2.75, 3.05) is 11.9 Å². The molecule has 11 nitrogen and oxygen atoms in total. The summed E-state index contributed by atoms with van der Waals surface area (Å²) in [4.78, 5) is 40.5. The van der Waals surface area contributed by atoms with Crippen LogP contribution in [0.3, 0.4) is 0 Å². The lowest BCUT2D eigenvalue weighted by molar-refractivity contribution is -0.131. The van der Waals surface area contributed by atoms with Crippen molar-refractivity contribution in [1.29, 1.82) is 5.53 Å². The van der Waals surface area contributed by atoms with Crippen LogP contribution in [0, 0.1) is 5.53 Å². The van der Waals surface area contributed by atoms with Crippen LogP contribution in [0.25, 0.3) is 11.1 Å². The van der Waals surface area contributed by atoms with E-state index >= 15 is 0 Å². The van der Waals surface area contributed by atoms with Crippen LogP contribution in [0.5, 0.6) is 0 Å². The second-order valence-corrected chi connectivity index (χ2v) is 7.96. The standard InChI is InChI=1S/C25H27N7O4/c1-16(31-26)23(25(35)32-36)30-24(34)20-6-4-18(5-7-20)19-8-10-21(11-9-19)29-22(33)15-28-14-17-3-2-12-27-13-17/h2-13,16,23,26,28,36H,14-15H2,1H3,(H,29,33)(H,30,34)(H,32,35)/t16-,23+/m1/s1. The highest BCUT2D eigenvalue weighted by Crippen LogP contribution is 2.22. The number of hydrogen-bond acceptors (Lipinski definition) is 8. The molecular formula is C25H27N7O4. The fourth-order valence-corrected chi connectivity index (χ4v) is 3.36. The van der Waals surface area contributed by atoms with Crippen LogP contribution >= 0.6 is 0 Å². The van der Waals surface area contributed by atoms with Gasteiger partial charge < -0.3 is 16.0 Å². The number of amides is 3. The van der Waals surface area contributed by atoms with Crippen molar-refractivity contribution in [2.24, 2.45) is 5.11 Å². The monoisotopic (exact) mass is 489 g/mol. The normalized spacial score (nSPS) is 12.2. The number of carbonyl (C=O) groups excluding carboxylic acids is 3. The molecular weight excluding hydrogens is 462 g/mol. The third-order valence-electron chi connectivity index (χ3n) is 5.35. The molecule has 3 aromatic rings. The van der Waals surface area contributed by atoms with E-state index in [4.69, 9.17) is 10.7 Å². The maximum absolute atomic E-state index is 12.5. The Kier molecular flexibility index (Phi) is 9.32. The van der Waals surface area contributed by atoms with Gasteiger partial charge in [0.25, 0.3) is 11.8 Å². The predicted molar refractivity (Wildman–Crippen MR) is 132 cm³/mol. The van der Waals surface area contributed by atoms with Crippen molar-refractivity contribution in [3.63, 3.8) is 0 Å². The molecule has 1 heterocycles. The molecule has 1 aromatic heterocycles. The van der Waals surface area contributed by atoms with E-state index in [1.807, 2.05) is 24.3 Å². The van der Waals surface area contributed by atoms with E-state index in [1.165, 1.54) is 12.4 Å². The van der Waals surface area contributed by atoms with E-state index in [0.29, 0.717) is 17.8 Å². The molecule has 0 radical (unpaired) electrons. The molecule has 36 heavy (non-hydrogen) atoms. The van der Waals surface area contributed by atoms with Crippen molar-refractivity contribution in [3.8, 4) is 11.1 Å². The zero-order chi connectivity index (χ0) is 25.9. The third-order valence-corrected chi connectivity index (χ3v) is 5.35. The highest BCUT2D eigenvalue weighted by molar-refractivity contribution is 5.98. The zero-order valence-corrected chi connectivity index (χ0v) is 19.6. The first-order valence-corrected chi connectivity index (χ1v) is 11.1. The number of anilines is 1. The summed E-state index contributed by atoms with van der Waals surface area (Å²) in [5, 5.41) is 20.5. The Morgan fingerprint density at radius 2 is 1.69 bits per heavy atom. The SMILES string of the molecule is C[C@@H](N=N)[C@H](NC(=O)c1ccc(-c2ccc(NC(=O)CNCc3cccnc3)cc2)cc1)C(=O)NO. The molecule has 0 fully saturated rings. The molecule has 186 valence electrons. The van der Waals surface area contributed by atoms with E-state index in [0.717, 1.165) is 16.7 Å². The predicted octanol–water partition coefficient (Wildman–Crippen LogP) is 2.50. The molecule has 2 aromatic carbocycles. The summed E-state index contributed by atoms with van der Waals surface area (Å²) >= 11 is 0. The van der Waals surface area contributed by atoms with Crippen molar-refractivity contribution in [1.82, 2.24) is 21.1 Å². The molecule has 0 aliphatic carbocycles. The summed E-state index contributed by atoms with van der Waals surface area (Å²) in [6.45, 7) is 2.18. The molecule has 2 atom stereocenters. The van der Waals surface area contributed by atoms with Gasteiger partial charge in [-0.15, -0.1) is 0 Å². The molecule has 0 spiro atoms. The Morgan fingerprint density at radius 1 is 1.03 bits per heavy atom. The van der Waals surface area contributed by atoms with Gasteiger partial charge in [0.05, 0.1) is 12.6 Å². The number of hydrogen-bond donors (Lipinski definition) is 6. The van der Waals surface area contributed by atoms with Crippen LogP contribution in [0.15, 0.2) is 78.2 Å². The summed E-state index contributed by atoms with van der Waals surface area (Å²) in [7, 11) is 0. The van der Waals surface area contributed by atoms with Crippen LogP contribution in [-0.4, -0.2) is 46.5 Å². The summed E-state index contributed by atoms with van der Waals surface area (Å²) in [5.74, 6) is -1.57. The second-order valence-electron chi connectivity index (χ2n) is 7.96. The molecule has 3 rings (SSSR count). The average Bonchev–Trinajstić information content (AvgIpc) is 2.92. The van der Waals surface area contributed by atoms with E-state index in [-0.39, 0.29) is 12.5 Å². The van der Waals surface area contributed by atoms with E-state index < -0.39 is 23.9 Å². The lowest BCUT2D eigenvalue weighted by Crippen LogP contribution is -2.51. The number of pyridine rings is 1. The van der Waals surface area contributed by atoms with Crippen LogP contribution in [0.4, 0.5) is 5.69 Å². The Morgan fingerprint density at radius 3 is 2.28 bits per heavy atom. The number of rotatable bonds is 11. The molecule has 3 amide bonds. The average molecular weight is 490 g/mol. The van der Waals surface area contributed by atoms with Gasteiger partial charge in [0.15, 0.2) is 0 Å². The summed E-state index contributed by atoms with van der Waals surface area (Å²) in [6, 6.07) is 15.7. The van der Waals surface area contributed by atoms with Gasteiger partial charge in [-0.3, -0.25) is 24.6 Å². The van der Waals surface area contributed by atoms with Crippen molar-refractivity contribution in [2.45, 2.75) is 25.6 Å². The molecule has 0 unspecified atom stereocenters. The molecule has 0 saturated carbocycles. The highest BCUT2D eigenvalue weighted by Gasteiger charge is 2.27. The van der Waals surface area contributed by atoms with Gasteiger partial charge >= 0.3 is 0 Å². The van der Waals surface area contributed by atoms with Gasteiger partial charge in [-0.1, -0.05) is 30.3 Å². The fourth-order valence-electron chi connectivity index (χ4n) is 3.36. The van der Waals surface area contributed by atoms with Crippen molar-refractivity contribution < 1.29 is 19.6 Å². The Labute approximate surface area is 207 Å². The number of aromatic nitrogens is 1. The van der Waals surface area contributed by atoms with Crippen LogP contribution in [0.2, 0.25) is 0 Å². The summed E-state index contributed by atoms with van der Waals surface area (Å²) in [6.07, 6.45) is 3.44. The van der Waals surface area contributed by atoms with Gasteiger partial charge in [-0.05, 0) is 53.9 Å². The van der Waals surface area contributed by atoms with Gasteiger partial charge in [0.2, 0.25) is 5.91 Å². The maximum Gasteiger partial charge on any atom is 0.268 e. The molecule has 11 heteroatoms. The van der Waals surface area contributed by atoms with E-state index in [1.54, 1.807) is 48.8 Å². The van der Waals surface area contributed by atoms with Gasteiger partial charge in [0, 0.05) is 30.2 Å². The quantitative estimate of drug-likeness (QED) is 0.137. The number of benzene rings is 2. The van der Waals surface area contributed by atoms with Crippen LogP contribution in [-0.2, 0) is 16.1 Å². The van der Waals surface area contributed by atoms with E-state index in [9.17, 15) is 14.4 Å². The second kappa shape index (κ2) is 12.8. The molecule has 0 aliphatic rings. The van der Waals surface area contributed by atoms with Crippen molar-refractivity contribution in [3.05, 3.63) is 84.2 Å². The topological polar surface area (TPSA) is 169 Å². The number of nitrogens with zero attached hydrogens (tertiary/aromatic N) is 2. The molecule has 0 aliphatic heterocycles. The lowest BCUT2D eigenvalue weighted by Gasteiger charge is -2.19. The molecule has 0 saturated heterocycles. The van der Waals surface area contributed by atoms with E-state index in [2.05, 4.69) is 26.0 Å². The number of carbonyl (C=O) groups is 3. The number of hydroxylamine groups is 1. The minimum atomic E-state index is -1.19. The molecule has 6 N–H and O–H groups in total. The van der Waals surface area contributed by atoms with Gasteiger partial charge in [-0.25, -0.2) is 11.0 Å². The summed E-state index contributed by atoms with van der Waals surface area (Å²) in [5.41, 5.74) is 12.2. The molecule has 0 bridgehead atoms. The first-order valence-electron chi connectivity index (χ1n) is 11.1. The first kappa shape index (κ1) is 26.1. The Bertz CT molecular complexity index is 1190. The lowest BCUT2D eigenvalue weighted by atomic mass is 10.0. The smallest absolute Gasteiger partial charge is 0.268 e. The minimum absolute atomic E-state index is 0.162. The van der Waals surface area contributed by atoms with Gasteiger partial charge in [0.1, 0.15) is 6.04 Å². The van der Waals surface area contributed by atoms with Crippen LogP contribution in [0.1, 0.15) is 22.8 Å². The van der Waals surface area contributed by atoms with Crippen molar-refractivity contribution >= 4 is 23.4 Å². The fraction of sp³-hybridized carbons (Fsp3) is 0.200. The Balaban J connectivity index is 1.55. The largest absolute Gasteiger partial charge is 0.338 e. The zero-order valence-electron chi connectivity index (χ0n) is 19.6. The maximum atomic E-state index is 12.5. The highest BCUT2D eigenvalue weighted by atomic mass is 16.5. The van der Waals surface area contributed by atoms with Gasteiger partial charge in [-0.2, -0.15) is 5.11 Å².